The Morgan fingerprint density at radius 1 is 1.14 bits per heavy atom. The molecule has 0 saturated heterocycles. The van der Waals surface area contributed by atoms with Crippen LogP contribution in [0.2, 0.25) is 0 Å². The van der Waals surface area contributed by atoms with Crippen molar-refractivity contribution in [2.75, 3.05) is 6.61 Å². The van der Waals surface area contributed by atoms with Crippen molar-refractivity contribution in [3.63, 3.8) is 0 Å². The fourth-order valence-electron chi connectivity index (χ4n) is 2.17. The third kappa shape index (κ3) is 4.26. The average Bonchev–Trinajstić information content (AvgIpc) is 2.47. The van der Waals surface area contributed by atoms with Gasteiger partial charge in [0.15, 0.2) is 0 Å². The summed E-state index contributed by atoms with van der Waals surface area (Å²) in [5.74, 6) is 0.519. The Kier molecular flexibility index (Phi) is 5.28. The summed E-state index contributed by atoms with van der Waals surface area (Å²) in [6, 6.07) is 11.3. The minimum absolute atomic E-state index is 0.0683. The number of hydrogen-bond acceptors (Lipinski definition) is 3. The van der Waals surface area contributed by atoms with Gasteiger partial charge < -0.3 is 10.1 Å². The van der Waals surface area contributed by atoms with Crippen LogP contribution in [0.25, 0.3) is 0 Å². The predicted octanol–water partition coefficient (Wildman–Crippen LogP) is 3.71. The third-order valence-corrected chi connectivity index (χ3v) is 3.07. The van der Waals surface area contributed by atoms with E-state index in [9.17, 15) is 4.39 Å². The van der Waals surface area contributed by atoms with E-state index in [2.05, 4.69) is 24.1 Å². The number of pyridine rings is 1. The molecular weight excluding hydrogens is 267 g/mol. The molecule has 2 rings (SSSR count). The van der Waals surface area contributed by atoms with Crippen LogP contribution in [0.3, 0.4) is 0 Å². The van der Waals surface area contributed by atoms with E-state index in [4.69, 9.17) is 4.74 Å². The number of ether oxygens (including phenoxy) is 1. The fourth-order valence-corrected chi connectivity index (χ4v) is 2.17. The van der Waals surface area contributed by atoms with Crippen LogP contribution in [-0.2, 0) is 0 Å². The molecule has 0 spiro atoms. The van der Waals surface area contributed by atoms with Crippen molar-refractivity contribution >= 4 is 0 Å². The van der Waals surface area contributed by atoms with Gasteiger partial charge >= 0.3 is 0 Å². The highest BCUT2D eigenvalue weighted by Crippen LogP contribution is 2.23. The number of rotatable bonds is 6. The molecule has 0 amide bonds. The third-order valence-electron chi connectivity index (χ3n) is 3.07. The zero-order valence-electron chi connectivity index (χ0n) is 12.6. The smallest absolute Gasteiger partial charge is 0.141 e. The molecule has 0 bridgehead atoms. The molecule has 3 nitrogen and oxygen atoms in total. The molecule has 0 fully saturated rings. The minimum atomic E-state index is -0.325. The minimum Gasteiger partial charge on any atom is -0.494 e. The van der Waals surface area contributed by atoms with Crippen LogP contribution in [0.15, 0.2) is 42.6 Å². The van der Waals surface area contributed by atoms with Gasteiger partial charge in [-0.2, -0.15) is 0 Å². The van der Waals surface area contributed by atoms with Crippen LogP contribution >= 0.6 is 0 Å². The lowest BCUT2D eigenvalue weighted by Crippen LogP contribution is -2.29. The lowest BCUT2D eigenvalue weighted by atomic mass is 10.0. The van der Waals surface area contributed by atoms with Gasteiger partial charge in [0, 0.05) is 6.04 Å². The van der Waals surface area contributed by atoms with Gasteiger partial charge in [0.25, 0.3) is 0 Å². The van der Waals surface area contributed by atoms with Crippen LogP contribution in [0.1, 0.15) is 38.1 Å². The van der Waals surface area contributed by atoms with Gasteiger partial charge in [-0.3, -0.25) is 4.98 Å². The number of halogens is 1. The molecule has 1 atom stereocenters. The SMILES string of the molecule is CCOc1ccc(C(NC(C)C)c2ccc(F)cn2)cc1. The second-order valence-electron chi connectivity index (χ2n) is 5.16. The lowest BCUT2D eigenvalue weighted by molar-refractivity contribution is 0.340. The Labute approximate surface area is 125 Å². The van der Waals surface area contributed by atoms with Crippen molar-refractivity contribution < 1.29 is 9.13 Å². The molecule has 0 aliphatic rings. The highest BCUT2D eigenvalue weighted by molar-refractivity contribution is 5.33. The van der Waals surface area contributed by atoms with E-state index >= 15 is 0 Å². The van der Waals surface area contributed by atoms with Crippen LogP contribution in [0.5, 0.6) is 5.75 Å². The van der Waals surface area contributed by atoms with Gasteiger partial charge in [-0.25, -0.2) is 4.39 Å². The molecule has 0 radical (unpaired) electrons. The summed E-state index contributed by atoms with van der Waals surface area (Å²) in [6.45, 7) is 6.75. The van der Waals surface area contributed by atoms with E-state index in [0.717, 1.165) is 17.0 Å². The number of hydrogen-bond donors (Lipinski definition) is 1. The summed E-state index contributed by atoms with van der Waals surface area (Å²) in [5, 5.41) is 3.46. The molecule has 1 heterocycles. The number of benzene rings is 1. The fraction of sp³-hybridized carbons (Fsp3) is 0.353. The van der Waals surface area contributed by atoms with Crippen molar-refractivity contribution in [3.8, 4) is 5.75 Å². The molecular formula is C17H21FN2O. The summed E-state index contributed by atoms with van der Waals surface area (Å²) in [4.78, 5) is 4.20. The molecule has 1 aromatic heterocycles. The molecule has 2 aromatic rings. The molecule has 0 aliphatic heterocycles. The number of aromatic nitrogens is 1. The first-order valence-electron chi connectivity index (χ1n) is 7.20. The maximum absolute atomic E-state index is 13.1. The predicted molar refractivity (Wildman–Crippen MR) is 81.9 cm³/mol. The summed E-state index contributed by atoms with van der Waals surface area (Å²) < 4.78 is 18.5. The largest absolute Gasteiger partial charge is 0.494 e. The number of nitrogens with zero attached hydrogens (tertiary/aromatic N) is 1. The van der Waals surface area contributed by atoms with Crippen molar-refractivity contribution in [1.82, 2.24) is 10.3 Å². The molecule has 112 valence electrons. The Bertz CT molecular complexity index is 552. The van der Waals surface area contributed by atoms with Gasteiger partial charge in [-0.15, -0.1) is 0 Å². The van der Waals surface area contributed by atoms with E-state index in [1.807, 2.05) is 31.2 Å². The molecule has 4 heteroatoms. The zero-order valence-corrected chi connectivity index (χ0v) is 12.6. The van der Waals surface area contributed by atoms with E-state index in [1.165, 1.54) is 12.3 Å². The van der Waals surface area contributed by atoms with E-state index in [0.29, 0.717) is 6.61 Å². The van der Waals surface area contributed by atoms with Gasteiger partial charge in [0.2, 0.25) is 0 Å². The molecule has 0 aliphatic carbocycles. The van der Waals surface area contributed by atoms with Crippen molar-refractivity contribution in [2.24, 2.45) is 0 Å². The summed E-state index contributed by atoms with van der Waals surface area (Å²) >= 11 is 0. The Hall–Kier alpha value is -1.94. The maximum Gasteiger partial charge on any atom is 0.141 e. The molecule has 1 aromatic carbocycles. The van der Waals surface area contributed by atoms with Gasteiger partial charge in [0.05, 0.1) is 24.5 Å². The average molecular weight is 288 g/mol. The summed E-state index contributed by atoms with van der Waals surface area (Å²) in [5.41, 5.74) is 1.88. The Balaban J connectivity index is 2.28. The standard InChI is InChI=1S/C17H21FN2O/c1-4-21-15-8-5-13(6-9-15)17(20-12(2)3)16-10-7-14(18)11-19-16/h5-12,17,20H,4H2,1-3H3. The normalized spacial score (nSPS) is 12.4. The van der Waals surface area contributed by atoms with Crippen LogP contribution < -0.4 is 10.1 Å². The molecule has 0 saturated carbocycles. The lowest BCUT2D eigenvalue weighted by Gasteiger charge is -2.21. The first-order chi connectivity index (χ1) is 10.1. The van der Waals surface area contributed by atoms with Crippen molar-refractivity contribution in [3.05, 3.63) is 59.7 Å². The zero-order chi connectivity index (χ0) is 15.2. The monoisotopic (exact) mass is 288 g/mol. The van der Waals surface area contributed by atoms with Crippen LogP contribution in [0, 0.1) is 5.82 Å². The van der Waals surface area contributed by atoms with Crippen molar-refractivity contribution in [1.29, 1.82) is 0 Å². The molecule has 1 N–H and O–H groups in total. The maximum atomic E-state index is 13.1. The first-order valence-corrected chi connectivity index (χ1v) is 7.20. The van der Waals surface area contributed by atoms with Crippen LogP contribution in [-0.4, -0.2) is 17.6 Å². The second kappa shape index (κ2) is 7.18. The topological polar surface area (TPSA) is 34.1 Å². The first kappa shape index (κ1) is 15.4. The summed E-state index contributed by atoms with van der Waals surface area (Å²) in [6.07, 6.45) is 1.25. The van der Waals surface area contributed by atoms with E-state index in [1.54, 1.807) is 6.07 Å². The second-order valence-corrected chi connectivity index (χ2v) is 5.16. The Morgan fingerprint density at radius 2 is 1.86 bits per heavy atom. The highest BCUT2D eigenvalue weighted by atomic mass is 19.1. The van der Waals surface area contributed by atoms with E-state index in [-0.39, 0.29) is 17.9 Å². The molecule has 1 unspecified atom stereocenters. The number of nitrogens with one attached hydrogen (secondary N) is 1. The van der Waals surface area contributed by atoms with Crippen molar-refractivity contribution in [2.45, 2.75) is 32.9 Å². The van der Waals surface area contributed by atoms with Crippen LogP contribution in [0.4, 0.5) is 4.39 Å². The van der Waals surface area contributed by atoms with Gasteiger partial charge in [0.1, 0.15) is 11.6 Å². The Morgan fingerprint density at radius 3 is 2.38 bits per heavy atom. The highest BCUT2D eigenvalue weighted by Gasteiger charge is 2.16. The summed E-state index contributed by atoms with van der Waals surface area (Å²) in [7, 11) is 0. The van der Waals surface area contributed by atoms with E-state index < -0.39 is 0 Å². The van der Waals surface area contributed by atoms with Gasteiger partial charge in [-0.1, -0.05) is 12.1 Å². The molecule has 21 heavy (non-hydrogen) atoms. The quantitative estimate of drug-likeness (QED) is 0.880. The van der Waals surface area contributed by atoms with Gasteiger partial charge in [-0.05, 0) is 50.6 Å².